The lowest BCUT2D eigenvalue weighted by Gasteiger charge is -2.14. The van der Waals surface area contributed by atoms with Crippen molar-refractivity contribution in [3.8, 4) is 17.4 Å². The van der Waals surface area contributed by atoms with Crippen molar-refractivity contribution < 1.29 is 14.3 Å². The molecule has 1 saturated heterocycles. The monoisotopic (exact) mass is 529 g/mol. The van der Waals surface area contributed by atoms with Crippen LogP contribution in [0.15, 0.2) is 82.6 Å². The molecule has 1 aliphatic rings. The van der Waals surface area contributed by atoms with Crippen LogP contribution in [0.3, 0.4) is 0 Å². The van der Waals surface area contributed by atoms with E-state index in [1.54, 1.807) is 42.5 Å². The van der Waals surface area contributed by atoms with Crippen LogP contribution in [0.25, 0.3) is 11.7 Å². The Morgan fingerprint density at radius 3 is 2.59 bits per heavy atom. The average molecular weight is 530 g/mol. The van der Waals surface area contributed by atoms with Crippen LogP contribution in [-0.2, 0) is 11.2 Å². The van der Waals surface area contributed by atoms with E-state index in [0.717, 1.165) is 16.9 Å². The summed E-state index contributed by atoms with van der Waals surface area (Å²) in [6.45, 7) is 2.38. The van der Waals surface area contributed by atoms with Gasteiger partial charge in [-0.25, -0.2) is 0 Å². The van der Waals surface area contributed by atoms with E-state index < -0.39 is 0 Å². The van der Waals surface area contributed by atoms with E-state index in [1.165, 1.54) is 22.2 Å². The Hall–Kier alpha value is -3.95. The number of fused-ring (bicyclic) bond motifs is 1. The molecule has 0 atom stereocenters. The number of benzene rings is 2. The van der Waals surface area contributed by atoms with Crippen LogP contribution in [0.2, 0.25) is 0 Å². The molecule has 37 heavy (non-hydrogen) atoms. The van der Waals surface area contributed by atoms with Crippen molar-refractivity contribution in [3.63, 3.8) is 0 Å². The minimum Gasteiger partial charge on any atom is -0.497 e. The van der Waals surface area contributed by atoms with E-state index >= 15 is 0 Å². The molecule has 186 valence electrons. The highest BCUT2D eigenvalue weighted by Crippen LogP contribution is 2.34. The Bertz CT molecular complexity index is 1600. The summed E-state index contributed by atoms with van der Waals surface area (Å²) in [7, 11) is 1.62. The van der Waals surface area contributed by atoms with Crippen LogP contribution in [-0.4, -0.2) is 38.2 Å². The molecule has 4 aromatic rings. The van der Waals surface area contributed by atoms with Crippen LogP contribution in [0, 0.1) is 6.92 Å². The zero-order valence-corrected chi connectivity index (χ0v) is 21.8. The van der Waals surface area contributed by atoms with Crippen molar-refractivity contribution in [1.82, 2.24) is 14.3 Å². The van der Waals surface area contributed by atoms with Crippen LogP contribution in [0.1, 0.15) is 16.7 Å². The fourth-order valence-corrected chi connectivity index (χ4v) is 5.22. The van der Waals surface area contributed by atoms with E-state index in [0.29, 0.717) is 33.6 Å². The van der Waals surface area contributed by atoms with E-state index in [2.05, 4.69) is 4.98 Å². The number of aromatic nitrogens is 2. The van der Waals surface area contributed by atoms with Crippen LogP contribution >= 0.6 is 24.0 Å². The first-order valence-corrected chi connectivity index (χ1v) is 12.8. The number of thioether (sulfide) groups is 1. The first-order chi connectivity index (χ1) is 17.9. The van der Waals surface area contributed by atoms with Crippen molar-refractivity contribution >= 4 is 45.9 Å². The molecule has 1 fully saturated rings. The van der Waals surface area contributed by atoms with Crippen molar-refractivity contribution in [1.29, 1.82) is 0 Å². The summed E-state index contributed by atoms with van der Waals surface area (Å²) in [5, 5.41) is 0. The molecule has 1 aliphatic heterocycles. The number of carbonyl (C=O) groups is 1. The van der Waals surface area contributed by atoms with Gasteiger partial charge in [0.2, 0.25) is 5.88 Å². The molecule has 2 aromatic carbocycles. The van der Waals surface area contributed by atoms with E-state index in [9.17, 15) is 9.59 Å². The number of nitrogens with zero attached hydrogens (tertiary/aromatic N) is 3. The van der Waals surface area contributed by atoms with E-state index in [4.69, 9.17) is 21.7 Å². The van der Waals surface area contributed by atoms with Gasteiger partial charge in [-0.3, -0.25) is 18.9 Å². The molecule has 0 aliphatic carbocycles. The fraction of sp³-hybridized carbons (Fsp3) is 0.143. The summed E-state index contributed by atoms with van der Waals surface area (Å²) in [6, 6.07) is 20.4. The number of aryl methyl sites for hydroxylation is 1. The third-order valence-corrected chi connectivity index (χ3v) is 7.25. The lowest BCUT2D eigenvalue weighted by molar-refractivity contribution is -0.122. The number of thiocarbonyl (C=S) groups is 1. The van der Waals surface area contributed by atoms with Gasteiger partial charge in [-0.2, -0.15) is 4.98 Å². The highest BCUT2D eigenvalue weighted by molar-refractivity contribution is 8.26. The molecule has 7 nitrogen and oxygen atoms in total. The largest absolute Gasteiger partial charge is 0.497 e. The predicted molar refractivity (Wildman–Crippen MR) is 149 cm³/mol. The SMILES string of the molecule is COc1ccc(CCN2C(=O)/C(=C\c3c(Oc4cccc(C)c4)nc4ccccn4c3=O)SC2=S)cc1. The predicted octanol–water partition coefficient (Wildman–Crippen LogP) is 5.25. The van der Waals surface area contributed by atoms with Gasteiger partial charge >= 0.3 is 0 Å². The standard InChI is InChI=1S/C28H23N3O4S2/c1-18-6-5-7-21(16-18)35-25-22(26(32)30-14-4-3-8-24(30)29-25)17-23-27(33)31(28(36)37-23)15-13-19-9-11-20(34-2)12-10-19/h3-12,14,16-17H,13,15H2,1-2H3/b23-17+. The topological polar surface area (TPSA) is 73.1 Å². The summed E-state index contributed by atoms with van der Waals surface area (Å²) in [5.41, 5.74) is 2.36. The zero-order chi connectivity index (χ0) is 25.9. The van der Waals surface area contributed by atoms with Gasteiger partial charge < -0.3 is 9.47 Å². The molecular formula is C28H23N3O4S2. The number of amides is 1. The Balaban J connectivity index is 1.46. The minimum atomic E-state index is -0.336. The van der Waals surface area contributed by atoms with Crippen molar-refractivity contribution in [2.75, 3.05) is 13.7 Å². The summed E-state index contributed by atoms with van der Waals surface area (Å²) in [4.78, 5) is 33.2. The van der Waals surface area contributed by atoms with Gasteiger partial charge in [0.25, 0.3) is 11.5 Å². The maximum Gasteiger partial charge on any atom is 0.269 e. The van der Waals surface area contributed by atoms with Gasteiger partial charge in [-0.15, -0.1) is 0 Å². The second-order valence-corrected chi connectivity index (χ2v) is 10.1. The molecule has 2 aromatic heterocycles. The van der Waals surface area contributed by atoms with E-state index in [-0.39, 0.29) is 22.9 Å². The fourth-order valence-electron chi connectivity index (χ4n) is 3.93. The van der Waals surface area contributed by atoms with Crippen molar-refractivity contribution in [2.24, 2.45) is 0 Å². The molecule has 0 unspecified atom stereocenters. The first kappa shape index (κ1) is 24.7. The number of pyridine rings is 1. The van der Waals surface area contributed by atoms with Crippen LogP contribution < -0.4 is 15.0 Å². The maximum atomic E-state index is 13.4. The summed E-state index contributed by atoms with van der Waals surface area (Å²) < 4.78 is 13.1. The Kier molecular flexibility index (Phi) is 7.07. The summed E-state index contributed by atoms with van der Waals surface area (Å²) in [6.07, 6.45) is 3.80. The Morgan fingerprint density at radius 1 is 1.03 bits per heavy atom. The van der Waals surface area contributed by atoms with Gasteiger partial charge in [0.15, 0.2) is 0 Å². The number of rotatable bonds is 7. The maximum absolute atomic E-state index is 13.4. The second kappa shape index (κ2) is 10.6. The molecule has 0 bridgehead atoms. The summed E-state index contributed by atoms with van der Waals surface area (Å²) in [5.74, 6) is 1.21. The molecule has 3 heterocycles. The molecule has 0 saturated carbocycles. The van der Waals surface area contributed by atoms with Crippen LogP contribution in [0.5, 0.6) is 17.4 Å². The quantitative estimate of drug-likeness (QED) is 0.239. The van der Waals surface area contributed by atoms with Gasteiger partial charge in [-0.1, -0.05) is 54.3 Å². The third kappa shape index (κ3) is 5.28. The molecule has 1 amide bonds. The molecule has 0 radical (unpaired) electrons. The molecule has 9 heteroatoms. The summed E-state index contributed by atoms with van der Waals surface area (Å²) >= 11 is 6.67. The molecule has 0 N–H and O–H groups in total. The minimum absolute atomic E-state index is 0.130. The van der Waals surface area contributed by atoms with Crippen LogP contribution in [0.4, 0.5) is 0 Å². The number of carbonyl (C=O) groups excluding carboxylic acids is 1. The van der Waals surface area contributed by atoms with Gasteiger partial charge in [0.05, 0.1) is 12.0 Å². The highest BCUT2D eigenvalue weighted by Gasteiger charge is 2.32. The molecule has 5 rings (SSSR count). The van der Waals surface area contributed by atoms with Gasteiger partial charge in [0, 0.05) is 12.7 Å². The van der Waals surface area contributed by atoms with Gasteiger partial charge in [-0.05, 0) is 66.9 Å². The smallest absolute Gasteiger partial charge is 0.269 e. The lowest BCUT2D eigenvalue weighted by Crippen LogP contribution is -2.30. The number of methoxy groups -OCH3 is 1. The number of ether oxygens (including phenoxy) is 2. The second-order valence-electron chi connectivity index (χ2n) is 8.41. The molecular weight excluding hydrogens is 506 g/mol. The Morgan fingerprint density at radius 2 is 1.84 bits per heavy atom. The number of hydrogen-bond donors (Lipinski definition) is 0. The highest BCUT2D eigenvalue weighted by atomic mass is 32.2. The van der Waals surface area contributed by atoms with Gasteiger partial charge in [0.1, 0.15) is 27.0 Å². The average Bonchev–Trinajstić information content (AvgIpc) is 3.17. The lowest BCUT2D eigenvalue weighted by atomic mass is 10.1. The zero-order valence-electron chi connectivity index (χ0n) is 20.2. The van der Waals surface area contributed by atoms with E-state index in [1.807, 2.05) is 49.4 Å². The Labute approximate surface area is 223 Å². The van der Waals surface area contributed by atoms with Crippen molar-refractivity contribution in [2.45, 2.75) is 13.3 Å². The van der Waals surface area contributed by atoms with Crippen molar-refractivity contribution in [3.05, 3.63) is 105 Å². The first-order valence-electron chi connectivity index (χ1n) is 11.6. The number of hydrogen-bond acceptors (Lipinski definition) is 7. The molecule has 0 spiro atoms. The normalized spacial score (nSPS) is 14.5. The third-order valence-electron chi connectivity index (χ3n) is 5.87.